The molecule has 1 aromatic heterocycles. The van der Waals surface area contributed by atoms with Crippen LogP contribution in [-0.4, -0.2) is 27.9 Å². The van der Waals surface area contributed by atoms with E-state index < -0.39 is 0 Å². The second kappa shape index (κ2) is 12.8. The van der Waals surface area contributed by atoms with Gasteiger partial charge in [0.1, 0.15) is 0 Å². The Bertz CT molecular complexity index is 1630. The van der Waals surface area contributed by atoms with Crippen LogP contribution >= 0.6 is 23.2 Å². The molecule has 0 spiro atoms. The molecule has 2 aliphatic rings. The molecule has 1 heterocycles. The number of rotatable bonds is 9. The maximum absolute atomic E-state index is 13.8. The summed E-state index contributed by atoms with van der Waals surface area (Å²) < 4.78 is 7.75. The molecular formula is C35H34Cl2N2O3. The third-order valence-corrected chi connectivity index (χ3v) is 9.45. The smallest absolute Gasteiger partial charge is 0.338 e. The van der Waals surface area contributed by atoms with Gasteiger partial charge in [0.25, 0.3) is 0 Å². The minimum Gasteiger partial charge on any atom is -0.462 e. The highest BCUT2D eigenvalue weighted by molar-refractivity contribution is 6.42. The lowest BCUT2D eigenvalue weighted by Gasteiger charge is -2.22. The molecule has 0 unspecified atom stereocenters. The SMILES string of the molecule is O=C(OCC[C@@H](Cn1ccnc1C(=O)c1cccc2c1CCCC2)c1ccc(Cl)c(Cl)c1)c1cccc2c1CCCC2. The average Bonchev–Trinajstić information content (AvgIpc) is 3.49. The molecule has 4 aromatic rings. The molecule has 0 fully saturated rings. The molecule has 216 valence electrons. The fourth-order valence-electron chi connectivity index (χ4n) is 6.49. The highest BCUT2D eigenvalue weighted by Crippen LogP contribution is 2.31. The predicted molar refractivity (Wildman–Crippen MR) is 166 cm³/mol. The van der Waals surface area contributed by atoms with Crippen LogP contribution in [0.5, 0.6) is 0 Å². The molecule has 0 N–H and O–H groups in total. The number of aromatic nitrogens is 2. The quantitative estimate of drug-likeness (QED) is 0.143. The lowest BCUT2D eigenvalue weighted by molar-refractivity contribution is 0.0489. The van der Waals surface area contributed by atoms with Gasteiger partial charge in [0.15, 0.2) is 5.82 Å². The zero-order valence-electron chi connectivity index (χ0n) is 23.6. The fraction of sp³-hybridized carbons (Fsp3) is 0.343. The van der Waals surface area contributed by atoms with Crippen molar-refractivity contribution in [2.75, 3.05) is 6.61 Å². The largest absolute Gasteiger partial charge is 0.462 e. The van der Waals surface area contributed by atoms with Crippen molar-refractivity contribution in [2.45, 2.75) is 70.3 Å². The Kier molecular flexibility index (Phi) is 8.78. The standard InChI is InChI=1S/C35H34Cl2N2O3/c36-31-16-15-25(21-32(31)37)26(17-20-42-35(41)30-14-6-10-24-8-2-4-12-28(24)30)22-39-19-18-38-34(39)33(40)29-13-5-9-23-7-1-3-11-27(23)29/h5-6,9-10,13-16,18-19,21,26H,1-4,7-8,11-12,17,20,22H2/t26-/m0/s1. The van der Waals surface area contributed by atoms with Gasteiger partial charge in [-0.05, 0) is 104 Å². The van der Waals surface area contributed by atoms with E-state index in [4.69, 9.17) is 27.9 Å². The van der Waals surface area contributed by atoms with E-state index in [0.717, 1.165) is 73.6 Å². The number of fused-ring (bicyclic) bond motifs is 2. The van der Waals surface area contributed by atoms with Gasteiger partial charge in [0.2, 0.25) is 5.78 Å². The van der Waals surface area contributed by atoms with Gasteiger partial charge in [0.05, 0.1) is 22.2 Å². The maximum Gasteiger partial charge on any atom is 0.338 e. The molecule has 42 heavy (non-hydrogen) atoms. The highest BCUT2D eigenvalue weighted by Gasteiger charge is 2.24. The number of ether oxygens (including phenoxy) is 1. The van der Waals surface area contributed by atoms with Crippen LogP contribution in [0.2, 0.25) is 10.0 Å². The maximum atomic E-state index is 13.8. The summed E-state index contributed by atoms with van der Waals surface area (Å²) >= 11 is 12.6. The van der Waals surface area contributed by atoms with Crippen molar-refractivity contribution in [2.24, 2.45) is 0 Å². The van der Waals surface area contributed by atoms with Gasteiger partial charge in [-0.2, -0.15) is 0 Å². The lowest BCUT2D eigenvalue weighted by atomic mass is 9.87. The molecule has 0 bridgehead atoms. The molecule has 0 amide bonds. The summed E-state index contributed by atoms with van der Waals surface area (Å²) in [4.78, 5) is 31.4. The summed E-state index contributed by atoms with van der Waals surface area (Å²) in [5, 5.41) is 0.941. The minimum absolute atomic E-state index is 0.0630. The van der Waals surface area contributed by atoms with E-state index >= 15 is 0 Å². The van der Waals surface area contributed by atoms with Crippen LogP contribution < -0.4 is 0 Å². The fourth-order valence-corrected chi connectivity index (χ4v) is 6.80. The van der Waals surface area contributed by atoms with E-state index in [9.17, 15) is 9.59 Å². The summed E-state index contributed by atoms with van der Waals surface area (Å²) in [5.74, 6) is -0.0319. The van der Waals surface area contributed by atoms with Crippen LogP contribution in [0.25, 0.3) is 0 Å². The number of carbonyl (C=O) groups is 2. The Morgan fingerprint density at radius 3 is 2.21 bits per heavy atom. The molecule has 6 rings (SSSR count). The monoisotopic (exact) mass is 600 g/mol. The van der Waals surface area contributed by atoms with E-state index in [1.165, 1.54) is 11.1 Å². The Morgan fingerprint density at radius 2 is 1.50 bits per heavy atom. The molecule has 0 saturated carbocycles. The van der Waals surface area contributed by atoms with Gasteiger partial charge in [-0.3, -0.25) is 4.79 Å². The Hall–Kier alpha value is -3.41. The predicted octanol–water partition coefficient (Wildman–Crippen LogP) is 8.21. The summed E-state index contributed by atoms with van der Waals surface area (Å²) in [6.45, 7) is 0.712. The minimum atomic E-state index is -0.283. The van der Waals surface area contributed by atoms with Crippen molar-refractivity contribution in [1.82, 2.24) is 9.55 Å². The van der Waals surface area contributed by atoms with Crippen LogP contribution in [0.1, 0.15) is 92.4 Å². The zero-order chi connectivity index (χ0) is 29.1. The average molecular weight is 602 g/mol. The highest BCUT2D eigenvalue weighted by atomic mass is 35.5. The van der Waals surface area contributed by atoms with Crippen molar-refractivity contribution < 1.29 is 14.3 Å². The van der Waals surface area contributed by atoms with Gasteiger partial charge in [-0.25, -0.2) is 9.78 Å². The van der Waals surface area contributed by atoms with Crippen LogP contribution in [-0.2, 0) is 37.0 Å². The molecule has 2 aliphatic carbocycles. The van der Waals surface area contributed by atoms with E-state index in [2.05, 4.69) is 17.1 Å². The number of esters is 1. The lowest BCUT2D eigenvalue weighted by Crippen LogP contribution is -2.19. The first-order valence-electron chi connectivity index (χ1n) is 14.9. The molecule has 3 aromatic carbocycles. The number of hydrogen-bond acceptors (Lipinski definition) is 4. The first-order chi connectivity index (χ1) is 20.5. The summed E-state index contributed by atoms with van der Waals surface area (Å²) in [6, 6.07) is 17.5. The van der Waals surface area contributed by atoms with Crippen LogP contribution in [0.3, 0.4) is 0 Å². The van der Waals surface area contributed by atoms with E-state index in [0.29, 0.717) is 34.4 Å². The number of ketones is 1. The topological polar surface area (TPSA) is 61.2 Å². The van der Waals surface area contributed by atoms with Gasteiger partial charge < -0.3 is 9.30 Å². The van der Waals surface area contributed by atoms with Gasteiger partial charge in [-0.1, -0.05) is 59.6 Å². The molecule has 0 saturated heterocycles. The number of imidazole rings is 1. The summed E-state index contributed by atoms with van der Waals surface area (Å²) in [7, 11) is 0. The van der Waals surface area contributed by atoms with Gasteiger partial charge in [-0.15, -0.1) is 0 Å². The van der Waals surface area contributed by atoms with Crippen LogP contribution in [0.4, 0.5) is 0 Å². The third kappa shape index (κ3) is 6.04. The first-order valence-corrected chi connectivity index (χ1v) is 15.6. The number of hydrogen-bond donors (Lipinski definition) is 0. The van der Waals surface area contributed by atoms with Gasteiger partial charge in [0, 0.05) is 30.4 Å². The Morgan fingerprint density at radius 1 is 0.833 bits per heavy atom. The van der Waals surface area contributed by atoms with E-state index in [1.807, 2.05) is 47.2 Å². The van der Waals surface area contributed by atoms with E-state index in [1.54, 1.807) is 12.3 Å². The first kappa shape index (κ1) is 28.7. The zero-order valence-corrected chi connectivity index (χ0v) is 25.1. The van der Waals surface area contributed by atoms with Crippen molar-refractivity contribution in [1.29, 1.82) is 0 Å². The van der Waals surface area contributed by atoms with Gasteiger partial charge >= 0.3 is 5.97 Å². The second-order valence-electron chi connectivity index (χ2n) is 11.3. The number of benzene rings is 3. The summed E-state index contributed by atoms with van der Waals surface area (Å²) in [5.41, 5.74) is 7.17. The Balaban J connectivity index is 1.22. The molecule has 0 aliphatic heterocycles. The number of nitrogens with zero attached hydrogens (tertiary/aromatic N) is 2. The Labute approximate surface area is 256 Å². The van der Waals surface area contributed by atoms with Crippen molar-refractivity contribution in [3.05, 3.63) is 122 Å². The summed E-state index contributed by atoms with van der Waals surface area (Å²) in [6.07, 6.45) is 12.4. The molecule has 5 nitrogen and oxygen atoms in total. The molecular weight excluding hydrogens is 567 g/mol. The number of carbonyl (C=O) groups excluding carboxylic acids is 2. The van der Waals surface area contributed by atoms with E-state index in [-0.39, 0.29) is 24.3 Å². The van der Waals surface area contributed by atoms with Crippen molar-refractivity contribution in [3.63, 3.8) is 0 Å². The number of halogens is 2. The second-order valence-corrected chi connectivity index (χ2v) is 12.1. The third-order valence-electron chi connectivity index (χ3n) is 8.71. The number of aryl methyl sites for hydroxylation is 2. The molecule has 1 atom stereocenters. The molecule has 7 heteroatoms. The van der Waals surface area contributed by atoms with Crippen LogP contribution in [0, 0.1) is 0 Å². The van der Waals surface area contributed by atoms with Crippen LogP contribution in [0.15, 0.2) is 67.0 Å². The normalized spacial score (nSPS) is 15.0. The van der Waals surface area contributed by atoms with Crippen molar-refractivity contribution >= 4 is 35.0 Å². The van der Waals surface area contributed by atoms with Crippen molar-refractivity contribution in [3.8, 4) is 0 Å². The molecule has 0 radical (unpaired) electrons.